The predicted octanol–water partition coefficient (Wildman–Crippen LogP) is 3.49. The van der Waals surface area contributed by atoms with Crippen molar-refractivity contribution in [3.8, 4) is 11.3 Å². The largest absolute Gasteiger partial charge is 0.345 e. The maximum Gasteiger partial charge on any atom is 0.0924 e. The van der Waals surface area contributed by atoms with E-state index in [9.17, 15) is 0 Å². The number of imidazole rings is 1. The van der Waals surface area contributed by atoms with Crippen LogP contribution in [0, 0.1) is 0 Å². The Morgan fingerprint density at radius 2 is 2.23 bits per heavy atom. The number of hydrogen-bond acceptors (Lipinski definition) is 1. The van der Waals surface area contributed by atoms with Gasteiger partial charge in [-0.3, -0.25) is 0 Å². The third-order valence-electron chi connectivity index (χ3n) is 1.72. The lowest BCUT2D eigenvalue weighted by Gasteiger charge is -2.00. The highest BCUT2D eigenvalue weighted by Crippen LogP contribution is 2.28. The van der Waals surface area contributed by atoms with Gasteiger partial charge in [0.05, 0.1) is 23.2 Å². The van der Waals surface area contributed by atoms with Crippen molar-refractivity contribution in [1.29, 1.82) is 0 Å². The number of aromatic nitrogens is 2. The predicted molar refractivity (Wildman–Crippen MR) is 56.7 cm³/mol. The van der Waals surface area contributed by atoms with Crippen LogP contribution in [0.25, 0.3) is 11.3 Å². The number of benzene rings is 1. The van der Waals surface area contributed by atoms with Crippen LogP contribution < -0.4 is 0 Å². The first-order chi connectivity index (χ1) is 6.27. The zero-order valence-corrected chi connectivity index (χ0v) is 8.93. The Bertz CT molecular complexity index is 412. The van der Waals surface area contributed by atoms with Crippen molar-refractivity contribution in [2.75, 3.05) is 0 Å². The highest BCUT2D eigenvalue weighted by atomic mass is 79.9. The van der Waals surface area contributed by atoms with Gasteiger partial charge in [-0.1, -0.05) is 33.6 Å². The minimum absolute atomic E-state index is 0.707. The molecule has 0 aliphatic heterocycles. The molecule has 1 heterocycles. The standard InChI is InChI=1S/C9H6BrClN2/c10-6-1-2-7(8(11)3-6)9-4-12-5-13-9/h1-5H,(H,12,13). The third kappa shape index (κ3) is 1.76. The van der Waals surface area contributed by atoms with Crippen molar-refractivity contribution >= 4 is 27.5 Å². The van der Waals surface area contributed by atoms with Crippen LogP contribution >= 0.6 is 27.5 Å². The Labute approximate surface area is 89.1 Å². The van der Waals surface area contributed by atoms with E-state index in [1.807, 2.05) is 18.2 Å². The van der Waals surface area contributed by atoms with Crippen molar-refractivity contribution < 1.29 is 0 Å². The summed E-state index contributed by atoms with van der Waals surface area (Å²) in [6.07, 6.45) is 3.38. The van der Waals surface area contributed by atoms with Crippen molar-refractivity contribution in [3.63, 3.8) is 0 Å². The molecule has 2 rings (SSSR count). The molecular weight excluding hydrogens is 251 g/mol. The topological polar surface area (TPSA) is 28.7 Å². The van der Waals surface area contributed by atoms with Crippen molar-refractivity contribution in [1.82, 2.24) is 9.97 Å². The molecule has 0 spiro atoms. The molecule has 0 atom stereocenters. The van der Waals surface area contributed by atoms with E-state index in [1.54, 1.807) is 12.5 Å². The molecule has 0 amide bonds. The molecule has 0 aliphatic carbocycles. The summed E-state index contributed by atoms with van der Waals surface area (Å²) in [6.45, 7) is 0. The summed E-state index contributed by atoms with van der Waals surface area (Å²) in [6, 6.07) is 5.75. The molecule has 1 aromatic heterocycles. The number of nitrogens with one attached hydrogen (secondary N) is 1. The molecule has 1 N–H and O–H groups in total. The average Bonchev–Trinajstić information content (AvgIpc) is 2.56. The van der Waals surface area contributed by atoms with E-state index < -0.39 is 0 Å². The molecule has 66 valence electrons. The highest BCUT2D eigenvalue weighted by Gasteiger charge is 2.03. The van der Waals surface area contributed by atoms with Crippen molar-refractivity contribution in [2.45, 2.75) is 0 Å². The minimum Gasteiger partial charge on any atom is -0.345 e. The third-order valence-corrected chi connectivity index (χ3v) is 2.53. The fraction of sp³-hybridized carbons (Fsp3) is 0. The number of aromatic amines is 1. The van der Waals surface area contributed by atoms with Gasteiger partial charge in [0.15, 0.2) is 0 Å². The molecule has 0 saturated carbocycles. The smallest absolute Gasteiger partial charge is 0.0924 e. The molecular formula is C9H6BrClN2. The monoisotopic (exact) mass is 256 g/mol. The normalized spacial score (nSPS) is 10.3. The second-order valence-corrected chi connectivity index (χ2v) is 3.91. The second-order valence-electron chi connectivity index (χ2n) is 2.59. The Balaban J connectivity index is 2.53. The van der Waals surface area contributed by atoms with Gasteiger partial charge < -0.3 is 4.98 Å². The van der Waals surface area contributed by atoms with Crippen LogP contribution in [-0.2, 0) is 0 Å². The lowest BCUT2D eigenvalue weighted by Crippen LogP contribution is -1.78. The zero-order chi connectivity index (χ0) is 9.26. The summed E-state index contributed by atoms with van der Waals surface area (Å²) in [5.74, 6) is 0. The van der Waals surface area contributed by atoms with Crippen LogP contribution in [0.2, 0.25) is 5.02 Å². The van der Waals surface area contributed by atoms with Gasteiger partial charge in [0.25, 0.3) is 0 Å². The summed E-state index contributed by atoms with van der Waals surface area (Å²) < 4.78 is 0.973. The molecule has 0 radical (unpaired) electrons. The van der Waals surface area contributed by atoms with Crippen LogP contribution in [0.1, 0.15) is 0 Å². The highest BCUT2D eigenvalue weighted by molar-refractivity contribution is 9.10. The first-order valence-corrected chi connectivity index (χ1v) is 4.88. The Hall–Kier alpha value is -0.800. The van der Waals surface area contributed by atoms with Crippen LogP contribution in [-0.4, -0.2) is 9.97 Å². The van der Waals surface area contributed by atoms with E-state index in [-0.39, 0.29) is 0 Å². The van der Waals surface area contributed by atoms with E-state index in [0.29, 0.717) is 5.02 Å². The minimum atomic E-state index is 0.707. The van der Waals surface area contributed by atoms with Crippen LogP contribution in [0.3, 0.4) is 0 Å². The van der Waals surface area contributed by atoms with Gasteiger partial charge in [0.2, 0.25) is 0 Å². The molecule has 0 unspecified atom stereocenters. The van der Waals surface area contributed by atoms with Gasteiger partial charge in [-0.15, -0.1) is 0 Å². The summed E-state index contributed by atoms with van der Waals surface area (Å²) >= 11 is 9.39. The van der Waals surface area contributed by atoms with E-state index in [2.05, 4.69) is 25.9 Å². The number of hydrogen-bond donors (Lipinski definition) is 1. The second kappa shape index (κ2) is 3.52. The van der Waals surface area contributed by atoms with Gasteiger partial charge >= 0.3 is 0 Å². The Morgan fingerprint density at radius 3 is 2.85 bits per heavy atom. The molecule has 2 nitrogen and oxygen atoms in total. The van der Waals surface area contributed by atoms with Crippen LogP contribution in [0.15, 0.2) is 35.2 Å². The van der Waals surface area contributed by atoms with Gasteiger partial charge in [-0.05, 0) is 12.1 Å². The molecule has 0 bridgehead atoms. The summed E-state index contributed by atoms with van der Waals surface area (Å²) in [7, 11) is 0. The molecule has 2 aromatic rings. The first-order valence-electron chi connectivity index (χ1n) is 3.71. The summed E-state index contributed by atoms with van der Waals surface area (Å²) in [5, 5.41) is 0.707. The Kier molecular flexibility index (Phi) is 2.38. The number of nitrogens with zero attached hydrogens (tertiary/aromatic N) is 1. The van der Waals surface area contributed by atoms with Crippen LogP contribution in [0.5, 0.6) is 0 Å². The number of H-pyrrole nitrogens is 1. The van der Waals surface area contributed by atoms with Crippen LogP contribution in [0.4, 0.5) is 0 Å². The van der Waals surface area contributed by atoms with Crippen molar-refractivity contribution in [3.05, 3.63) is 40.2 Å². The summed E-state index contributed by atoms with van der Waals surface area (Å²) in [5.41, 5.74) is 1.89. The molecule has 4 heteroatoms. The fourth-order valence-corrected chi connectivity index (χ4v) is 1.89. The quantitative estimate of drug-likeness (QED) is 0.832. The van der Waals surface area contributed by atoms with E-state index in [1.165, 1.54) is 0 Å². The average molecular weight is 258 g/mol. The van der Waals surface area contributed by atoms with Gasteiger partial charge in [-0.2, -0.15) is 0 Å². The molecule has 0 fully saturated rings. The SMILES string of the molecule is Clc1cc(Br)ccc1-c1cnc[nH]1. The molecule has 0 saturated heterocycles. The lowest BCUT2D eigenvalue weighted by atomic mass is 10.2. The molecule has 13 heavy (non-hydrogen) atoms. The molecule has 1 aromatic carbocycles. The fourth-order valence-electron chi connectivity index (χ4n) is 1.11. The van der Waals surface area contributed by atoms with E-state index >= 15 is 0 Å². The van der Waals surface area contributed by atoms with Gasteiger partial charge in [-0.25, -0.2) is 4.98 Å². The maximum absolute atomic E-state index is 6.04. The number of halogens is 2. The maximum atomic E-state index is 6.04. The van der Waals surface area contributed by atoms with Gasteiger partial charge in [0, 0.05) is 10.0 Å². The summed E-state index contributed by atoms with van der Waals surface area (Å²) in [4.78, 5) is 6.94. The molecule has 0 aliphatic rings. The van der Waals surface area contributed by atoms with E-state index in [4.69, 9.17) is 11.6 Å². The van der Waals surface area contributed by atoms with E-state index in [0.717, 1.165) is 15.7 Å². The zero-order valence-electron chi connectivity index (χ0n) is 6.59. The lowest BCUT2D eigenvalue weighted by molar-refractivity contribution is 1.31. The van der Waals surface area contributed by atoms with Gasteiger partial charge in [0.1, 0.15) is 0 Å². The first kappa shape index (κ1) is 8.78. The Morgan fingerprint density at radius 1 is 1.38 bits per heavy atom. The van der Waals surface area contributed by atoms with Crippen molar-refractivity contribution in [2.24, 2.45) is 0 Å². The number of rotatable bonds is 1.